The fraction of sp³-hybridized carbons (Fsp3) is 0.364. The predicted molar refractivity (Wildman–Crippen MR) is 58.3 cm³/mol. The Morgan fingerprint density at radius 3 is 2.94 bits per heavy atom. The number of fused-ring (bicyclic) bond motifs is 1. The van der Waals surface area contributed by atoms with E-state index in [1.165, 1.54) is 0 Å². The van der Waals surface area contributed by atoms with E-state index in [4.69, 9.17) is 25.1 Å². The molecule has 2 rings (SSSR count). The predicted octanol–water partition coefficient (Wildman–Crippen LogP) is 0.596. The molecule has 0 fully saturated rings. The minimum absolute atomic E-state index is 0.171. The number of hydrogen-bond acceptors (Lipinski definition) is 5. The molecule has 0 aliphatic carbocycles. The van der Waals surface area contributed by atoms with Crippen molar-refractivity contribution in [3.63, 3.8) is 0 Å². The molecule has 0 aromatic heterocycles. The van der Waals surface area contributed by atoms with Gasteiger partial charge in [0.25, 0.3) is 0 Å². The van der Waals surface area contributed by atoms with Crippen LogP contribution in [0.3, 0.4) is 0 Å². The highest BCUT2D eigenvalue weighted by molar-refractivity contribution is 5.72. The molecule has 1 aromatic rings. The van der Waals surface area contributed by atoms with Crippen LogP contribution in [0.1, 0.15) is 6.42 Å². The third-order valence-electron chi connectivity index (χ3n) is 2.33. The summed E-state index contributed by atoms with van der Waals surface area (Å²) in [5.41, 5.74) is 5.32. The molecule has 92 valence electrons. The molecule has 6 nitrogen and oxygen atoms in total. The normalized spacial score (nSPS) is 14.4. The van der Waals surface area contributed by atoms with Crippen molar-refractivity contribution < 1.29 is 24.1 Å². The summed E-state index contributed by atoms with van der Waals surface area (Å²) in [7, 11) is 0. The van der Waals surface area contributed by atoms with Gasteiger partial charge in [-0.05, 0) is 18.7 Å². The lowest BCUT2D eigenvalue weighted by Gasteiger charge is -2.14. The van der Waals surface area contributed by atoms with Crippen LogP contribution in [0.5, 0.6) is 17.2 Å². The molecule has 3 N–H and O–H groups in total. The van der Waals surface area contributed by atoms with Gasteiger partial charge in [0.2, 0.25) is 6.79 Å². The first-order valence-corrected chi connectivity index (χ1v) is 5.20. The van der Waals surface area contributed by atoms with Gasteiger partial charge in [-0.1, -0.05) is 0 Å². The second-order valence-electron chi connectivity index (χ2n) is 3.54. The summed E-state index contributed by atoms with van der Waals surface area (Å²) in [6.07, 6.45) is -0.690. The van der Waals surface area contributed by atoms with Gasteiger partial charge in [0.05, 0.1) is 0 Å². The maximum absolute atomic E-state index is 10.9. The van der Waals surface area contributed by atoms with E-state index < -0.39 is 12.1 Å². The SMILES string of the molecule is NCCC(Oc1ccc2c(c1)OCO2)C(=O)O. The minimum Gasteiger partial charge on any atom is -0.479 e. The minimum atomic E-state index is -1.03. The van der Waals surface area contributed by atoms with Crippen LogP contribution in [0, 0.1) is 0 Å². The number of benzene rings is 1. The summed E-state index contributed by atoms with van der Waals surface area (Å²) in [4.78, 5) is 10.9. The zero-order valence-electron chi connectivity index (χ0n) is 9.09. The van der Waals surface area contributed by atoms with Crippen LogP contribution in [0.15, 0.2) is 18.2 Å². The first-order chi connectivity index (χ1) is 8.20. The van der Waals surface area contributed by atoms with Crippen LogP contribution in [-0.2, 0) is 4.79 Å². The molecule has 1 aliphatic heterocycles. The summed E-state index contributed by atoms with van der Waals surface area (Å²) in [5, 5.41) is 8.92. The van der Waals surface area contributed by atoms with Crippen molar-refractivity contribution in [2.24, 2.45) is 5.73 Å². The lowest BCUT2D eigenvalue weighted by molar-refractivity contribution is -0.145. The Hall–Kier alpha value is -1.95. The average Bonchev–Trinajstić information content (AvgIpc) is 2.75. The maximum Gasteiger partial charge on any atom is 0.344 e. The molecular formula is C11H13NO5. The first kappa shape index (κ1) is 11.5. The van der Waals surface area contributed by atoms with Gasteiger partial charge in [0.1, 0.15) is 5.75 Å². The number of nitrogens with two attached hydrogens (primary N) is 1. The Morgan fingerprint density at radius 1 is 1.47 bits per heavy atom. The highest BCUT2D eigenvalue weighted by Crippen LogP contribution is 2.35. The van der Waals surface area contributed by atoms with E-state index in [-0.39, 0.29) is 19.8 Å². The molecule has 6 heteroatoms. The number of rotatable bonds is 5. The van der Waals surface area contributed by atoms with Crippen molar-refractivity contribution in [1.82, 2.24) is 0 Å². The van der Waals surface area contributed by atoms with E-state index in [1.54, 1.807) is 18.2 Å². The number of carboxylic acids is 1. The van der Waals surface area contributed by atoms with Crippen molar-refractivity contribution in [3.05, 3.63) is 18.2 Å². The van der Waals surface area contributed by atoms with E-state index >= 15 is 0 Å². The van der Waals surface area contributed by atoms with Gasteiger partial charge in [0, 0.05) is 12.5 Å². The van der Waals surface area contributed by atoms with Gasteiger partial charge >= 0.3 is 5.97 Å². The fourth-order valence-electron chi connectivity index (χ4n) is 1.50. The largest absolute Gasteiger partial charge is 0.479 e. The lowest BCUT2D eigenvalue weighted by atomic mass is 10.2. The number of aliphatic carboxylic acids is 1. The third-order valence-corrected chi connectivity index (χ3v) is 2.33. The van der Waals surface area contributed by atoms with Crippen LogP contribution in [0.2, 0.25) is 0 Å². The topological polar surface area (TPSA) is 91.0 Å². The molecule has 17 heavy (non-hydrogen) atoms. The van der Waals surface area contributed by atoms with Crippen molar-refractivity contribution >= 4 is 5.97 Å². The molecule has 1 aromatic carbocycles. The summed E-state index contributed by atoms with van der Waals surface area (Å²) >= 11 is 0. The molecule has 1 heterocycles. The lowest BCUT2D eigenvalue weighted by Crippen LogP contribution is -2.29. The quantitative estimate of drug-likeness (QED) is 0.781. The van der Waals surface area contributed by atoms with E-state index in [0.717, 1.165) is 0 Å². The second-order valence-corrected chi connectivity index (χ2v) is 3.54. The molecule has 1 aliphatic rings. The Labute approximate surface area is 97.9 Å². The monoisotopic (exact) mass is 239 g/mol. The van der Waals surface area contributed by atoms with Crippen LogP contribution < -0.4 is 19.9 Å². The van der Waals surface area contributed by atoms with Crippen LogP contribution in [-0.4, -0.2) is 30.5 Å². The van der Waals surface area contributed by atoms with E-state index in [0.29, 0.717) is 17.2 Å². The Kier molecular flexibility index (Phi) is 3.34. The highest BCUT2D eigenvalue weighted by atomic mass is 16.7. The summed E-state index contributed by atoms with van der Waals surface area (Å²) in [5.74, 6) is 0.575. The molecular weight excluding hydrogens is 226 g/mol. The standard InChI is InChI=1S/C11H13NO5/c12-4-3-9(11(13)14)17-7-1-2-8-10(5-7)16-6-15-8/h1-2,5,9H,3-4,6,12H2,(H,13,14). The Balaban J connectivity index is 2.09. The molecule has 0 spiro atoms. The van der Waals surface area contributed by atoms with E-state index in [2.05, 4.69) is 0 Å². The van der Waals surface area contributed by atoms with Crippen molar-refractivity contribution in [2.45, 2.75) is 12.5 Å². The Morgan fingerprint density at radius 2 is 2.24 bits per heavy atom. The summed E-state index contributed by atoms with van der Waals surface area (Å²) < 4.78 is 15.6. The summed E-state index contributed by atoms with van der Waals surface area (Å²) in [6, 6.07) is 4.92. The van der Waals surface area contributed by atoms with Crippen LogP contribution in [0.25, 0.3) is 0 Å². The fourth-order valence-corrected chi connectivity index (χ4v) is 1.50. The average molecular weight is 239 g/mol. The van der Waals surface area contributed by atoms with Crippen LogP contribution >= 0.6 is 0 Å². The summed E-state index contributed by atoms with van der Waals surface area (Å²) in [6.45, 7) is 0.422. The molecule has 0 saturated heterocycles. The zero-order chi connectivity index (χ0) is 12.3. The van der Waals surface area contributed by atoms with E-state index in [9.17, 15) is 4.79 Å². The van der Waals surface area contributed by atoms with Gasteiger partial charge in [-0.25, -0.2) is 4.79 Å². The van der Waals surface area contributed by atoms with Gasteiger partial charge < -0.3 is 25.1 Å². The maximum atomic E-state index is 10.9. The molecule has 0 radical (unpaired) electrons. The van der Waals surface area contributed by atoms with Gasteiger partial charge in [-0.3, -0.25) is 0 Å². The zero-order valence-corrected chi connectivity index (χ0v) is 9.09. The highest BCUT2D eigenvalue weighted by Gasteiger charge is 2.20. The number of carboxylic acid groups (broad SMARTS) is 1. The number of ether oxygens (including phenoxy) is 3. The van der Waals surface area contributed by atoms with Crippen molar-refractivity contribution in [1.29, 1.82) is 0 Å². The molecule has 0 amide bonds. The molecule has 0 saturated carbocycles. The first-order valence-electron chi connectivity index (χ1n) is 5.20. The molecule has 0 bridgehead atoms. The molecule has 1 unspecified atom stereocenters. The van der Waals surface area contributed by atoms with Gasteiger partial charge in [0.15, 0.2) is 17.6 Å². The van der Waals surface area contributed by atoms with E-state index in [1.807, 2.05) is 0 Å². The number of carbonyl (C=O) groups is 1. The number of hydrogen-bond donors (Lipinski definition) is 2. The Bertz CT molecular complexity index is 420. The van der Waals surface area contributed by atoms with Crippen LogP contribution in [0.4, 0.5) is 0 Å². The van der Waals surface area contributed by atoms with Gasteiger partial charge in [-0.15, -0.1) is 0 Å². The smallest absolute Gasteiger partial charge is 0.344 e. The third kappa shape index (κ3) is 2.59. The van der Waals surface area contributed by atoms with Gasteiger partial charge in [-0.2, -0.15) is 0 Å². The second kappa shape index (κ2) is 4.92. The van der Waals surface area contributed by atoms with Crippen molar-refractivity contribution in [3.8, 4) is 17.2 Å². The van der Waals surface area contributed by atoms with Crippen molar-refractivity contribution in [2.75, 3.05) is 13.3 Å². The molecule has 1 atom stereocenters.